The number of benzene rings is 2. The Kier molecular flexibility index (Phi) is 3.82. The van der Waals surface area contributed by atoms with Crippen LogP contribution >= 0.6 is 0 Å². The standard InChI is InChI=1S/C15H16O2S/c1-13(15-10-6-3-7-11-15)18(16,17)12-14-8-4-2-5-9-14/h2-11,13H,12H2,1H3. The maximum atomic E-state index is 12.3. The van der Waals surface area contributed by atoms with Crippen molar-refractivity contribution in [2.45, 2.75) is 17.9 Å². The SMILES string of the molecule is CC(c1ccccc1)S(=O)(=O)Cc1ccccc1. The van der Waals surface area contributed by atoms with E-state index in [1.54, 1.807) is 6.92 Å². The van der Waals surface area contributed by atoms with Crippen LogP contribution in [-0.2, 0) is 15.6 Å². The minimum absolute atomic E-state index is 0.0872. The van der Waals surface area contributed by atoms with Gasteiger partial charge < -0.3 is 0 Å². The highest BCUT2D eigenvalue weighted by molar-refractivity contribution is 7.90. The third-order valence-corrected chi connectivity index (χ3v) is 5.10. The largest absolute Gasteiger partial charge is 0.228 e. The second-order valence-electron chi connectivity index (χ2n) is 4.35. The fourth-order valence-electron chi connectivity index (χ4n) is 1.86. The average molecular weight is 260 g/mol. The minimum Gasteiger partial charge on any atom is -0.228 e. The molecule has 0 aliphatic heterocycles. The van der Waals surface area contributed by atoms with Crippen LogP contribution in [0.2, 0.25) is 0 Å². The molecule has 0 N–H and O–H groups in total. The van der Waals surface area contributed by atoms with Gasteiger partial charge in [-0.3, -0.25) is 0 Å². The maximum Gasteiger partial charge on any atom is 0.161 e. The van der Waals surface area contributed by atoms with Crippen LogP contribution in [0.25, 0.3) is 0 Å². The molecule has 0 spiro atoms. The summed E-state index contributed by atoms with van der Waals surface area (Å²) in [6, 6.07) is 18.6. The first-order valence-corrected chi connectivity index (χ1v) is 7.61. The molecule has 0 amide bonds. The van der Waals surface area contributed by atoms with Crippen LogP contribution in [0.3, 0.4) is 0 Å². The lowest BCUT2D eigenvalue weighted by atomic mass is 10.2. The predicted octanol–water partition coefficient (Wildman–Crippen LogP) is 3.36. The van der Waals surface area contributed by atoms with E-state index in [4.69, 9.17) is 0 Å². The van der Waals surface area contributed by atoms with Gasteiger partial charge in [-0.2, -0.15) is 0 Å². The predicted molar refractivity (Wildman–Crippen MR) is 73.9 cm³/mol. The first kappa shape index (κ1) is 12.8. The van der Waals surface area contributed by atoms with Crippen molar-refractivity contribution in [1.29, 1.82) is 0 Å². The molecule has 0 aromatic heterocycles. The van der Waals surface area contributed by atoms with Crippen molar-refractivity contribution in [3.63, 3.8) is 0 Å². The molecular weight excluding hydrogens is 244 g/mol. The third-order valence-electron chi connectivity index (χ3n) is 3.02. The molecule has 18 heavy (non-hydrogen) atoms. The molecule has 2 rings (SSSR count). The number of sulfone groups is 1. The Labute approximate surface area is 108 Å². The number of hydrogen-bond acceptors (Lipinski definition) is 2. The van der Waals surface area contributed by atoms with Gasteiger partial charge in [0.2, 0.25) is 0 Å². The van der Waals surface area contributed by atoms with Crippen molar-refractivity contribution >= 4 is 9.84 Å². The highest BCUT2D eigenvalue weighted by Gasteiger charge is 2.22. The van der Waals surface area contributed by atoms with Crippen LogP contribution in [0, 0.1) is 0 Å². The summed E-state index contributed by atoms with van der Waals surface area (Å²) >= 11 is 0. The van der Waals surface area contributed by atoms with Gasteiger partial charge in [0.15, 0.2) is 9.84 Å². The van der Waals surface area contributed by atoms with E-state index >= 15 is 0 Å². The molecular formula is C15H16O2S. The molecule has 0 saturated carbocycles. The molecule has 2 aromatic carbocycles. The van der Waals surface area contributed by atoms with Crippen molar-refractivity contribution in [1.82, 2.24) is 0 Å². The Morgan fingerprint density at radius 2 is 1.39 bits per heavy atom. The molecule has 2 aromatic rings. The summed E-state index contributed by atoms with van der Waals surface area (Å²) < 4.78 is 24.6. The van der Waals surface area contributed by atoms with Crippen molar-refractivity contribution in [2.75, 3.05) is 0 Å². The molecule has 0 radical (unpaired) electrons. The molecule has 0 bridgehead atoms. The van der Waals surface area contributed by atoms with Gasteiger partial charge in [0, 0.05) is 0 Å². The first-order chi connectivity index (χ1) is 8.59. The van der Waals surface area contributed by atoms with Crippen LogP contribution < -0.4 is 0 Å². The Morgan fingerprint density at radius 3 is 1.94 bits per heavy atom. The van der Waals surface area contributed by atoms with E-state index in [-0.39, 0.29) is 5.75 Å². The van der Waals surface area contributed by atoms with E-state index in [1.165, 1.54) is 0 Å². The Hall–Kier alpha value is -1.61. The van der Waals surface area contributed by atoms with Crippen LogP contribution in [0.4, 0.5) is 0 Å². The van der Waals surface area contributed by atoms with Crippen LogP contribution in [0.1, 0.15) is 23.3 Å². The number of rotatable bonds is 4. The second kappa shape index (κ2) is 5.36. The molecule has 0 heterocycles. The lowest BCUT2D eigenvalue weighted by Crippen LogP contribution is -2.12. The normalized spacial score (nSPS) is 13.2. The number of hydrogen-bond donors (Lipinski definition) is 0. The summed E-state index contributed by atoms with van der Waals surface area (Å²) in [5, 5.41) is -0.473. The van der Waals surface area contributed by atoms with E-state index in [0.29, 0.717) is 0 Å². The van der Waals surface area contributed by atoms with E-state index in [0.717, 1.165) is 11.1 Å². The quantitative estimate of drug-likeness (QED) is 0.844. The zero-order chi connectivity index (χ0) is 13.0. The van der Waals surface area contributed by atoms with E-state index < -0.39 is 15.1 Å². The topological polar surface area (TPSA) is 34.1 Å². The molecule has 1 unspecified atom stereocenters. The lowest BCUT2D eigenvalue weighted by Gasteiger charge is -2.13. The van der Waals surface area contributed by atoms with Gasteiger partial charge in [-0.05, 0) is 18.1 Å². The van der Waals surface area contributed by atoms with E-state index in [1.807, 2.05) is 60.7 Å². The molecule has 94 valence electrons. The fraction of sp³-hybridized carbons (Fsp3) is 0.200. The zero-order valence-corrected chi connectivity index (χ0v) is 11.1. The zero-order valence-electron chi connectivity index (χ0n) is 10.3. The maximum absolute atomic E-state index is 12.3. The molecule has 2 nitrogen and oxygen atoms in total. The smallest absolute Gasteiger partial charge is 0.161 e. The summed E-state index contributed by atoms with van der Waals surface area (Å²) in [5.74, 6) is 0.0872. The van der Waals surface area contributed by atoms with E-state index in [9.17, 15) is 8.42 Å². The second-order valence-corrected chi connectivity index (χ2v) is 6.67. The van der Waals surface area contributed by atoms with Crippen LogP contribution in [-0.4, -0.2) is 8.42 Å². The lowest BCUT2D eigenvalue weighted by molar-refractivity contribution is 0.585. The van der Waals surface area contributed by atoms with Gasteiger partial charge in [0.05, 0.1) is 11.0 Å². The van der Waals surface area contributed by atoms with Crippen molar-refractivity contribution in [3.8, 4) is 0 Å². The van der Waals surface area contributed by atoms with Crippen molar-refractivity contribution < 1.29 is 8.42 Å². The third kappa shape index (κ3) is 2.99. The molecule has 0 fully saturated rings. The Balaban J connectivity index is 2.22. The van der Waals surface area contributed by atoms with Gasteiger partial charge >= 0.3 is 0 Å². The van der Waals surface area contributed by atoms with Crippen LogP contribution in [0.15, 0.2) is 60.7 Å². The van der Waals surface area contributed by atoms with Crippen molar-refractivity contribution in [2.24, 2.45) is 0 Å². The fourth-order valence-corrected chi connectivity index (χ4v) is 3.34. The van der Waals surface area contributed by atoms with Gasteiger partial charge in [-0.25, -0.2) is 8.42 Å². The molecule has 3 heteroatoms. The van der Waals surface area contributed by atoms with Gasteiger partial charge in [-0.15, -0.1) is 0 Å². The first-order valence-electron chi connectivity index (χ1n) is 5.90. The summed E-state index contributed by atoms with van der Waals surface area (Å²) in [6.45, 7) is 1.74. The van der Waals surface area contributed by atoms with Crippen LogP contribution in [0.5, 0.6) is 0 Å². The van der Waals surface area contributed by atoms with Crippen molar-refractivity contribution in [3.05, 3.63) is 71.8 Å². The Bertz CT molecular complexity index is 589. The average Bonchev–Trinajstić information content (AvgIpc) is 2.39. The van der Waals surface area contributed by atoms with Gasteiger partial charge in [0.1, 0.15) is 0 Å². The Morgan fingerprint density at radius 1 is 0.889 bits per heavy atom. The van der Waals surface area contributed by atoms with E-state index in [2.05, 4.69) is 0 Å². The summed E-state index contributed by atoms with van der Waals surface area (Å²) in [5.41, 5.74) is 1.67. The minimum atomic E-state index is -3.17. The van der Waals surface area contributed by atoms with Gasteiger partial charge in [-0.1, -0.05) is 60.7 Å². The highest BCUT2D eigenvalue weighted by atomic mass is 32.2. The molecule has 0 aliphatic carbocycles. The summed E-state index contributed by atoms with van der Waals surface area (Å²) in [7, 11) is -3.17. The molecule has 1 atom stereocenters. The van der Waals surface area contributed by atoms with Gasteiger partial charge in [0.25, 0.3) is 0 Å². The molecule has 0 aliphatic rings. The molecule has 0 saturated heterocycles. The summed E-state index contributed by atoms with van der Waals surface area (Å²) in [4.78, 5) is 0. The monoisotopic (exact) mass is 260 g/mol. The summed E-state index contributed by atoms with van der Waals surface area (Å²) in [6.07, 6.45) is 0. The highest BCUT2D eigenvalue weighted by Crippen LogP contribution is 2.24.